The molecule has 0 aromatic carbocycles. The SMILES string of the molecule is Cc1ccc(-c2cscc2CO)s1. The first-order chi connectivity index (χ1) is 6.31. The molecule has 1 nitrogen and oxygen atoms in total. The largest absolute Gasteiger partial charge is 0.392 e. The van der Waals surface area contributed by atoms with Crippen LogP contribution in [-0.4, -0.2) is 5.11 Å². The Labute approximate surface area is 85.3 Å². The molecule has 0 saturated carbocycles. The average Bonchev–Trinajstić information content (AvgIpc) is 2.71. The van der Waals surface area contributed by atoms with Crippen molar-refractivity contribution in [1.29, 1.82) is 0 Å². The topological polar surface area (TPSA) is 20.2 Å². The number of aliphatic hydroxyl groups excluding tert-OH is 1. The lowest BCUT2D eigenvalue weighted by molar-refractivity contribution is 0.283. The van der Waals surface area contributed by atoms with Gasteiger partial charge in [0.05, 0.1) is 6.61 Å². The van der Waals surface area contributed by atoms with Crippen LogP contribution < -0.4 is 0 Å². The second kappa shape index (κ2) is 3.62. The van der Waals surface area contributed by atoms with Crippen molar-refractivity contribution in [2.75, 3.05) is 0 Å². The van der Waals surface area contributed by atoms with Gasteiger partial charge < -0.3 is 5.11 Å². The average molecular weight is 210 g/mol. The minimum absolute atomic E-state index is 0.135. The molecule has 2 aromatic heterocycles. The number of aliphatic hydroxyl groups is 1. The summed E-state index contributed by atoms with van der Waals surface area (Å²) in [5.74, 6) is 0. The molecule has 2 aromatic rings. The van der Waals surface area contributed by atoms with Crippen LogP contribution in [0.5, 0.6) is 0 Å². The first-order valence-electron chi connectivity index (χ1n) is 4.04. The molecule has 0 aliphatic carbocycles. The van der Waals surface area contributed by atoms with Crippen LogP contribution in [0, 0.1) is 6.92 Å². The van der Waals surface area contributed by atoms with Gasteiger partial charge in [0.25, 0.3) is 0 Å². The highest BCUT2D eigenvalue weighted by Crippen LogP contribution is 2.32. The number of aryl methyl sites for hydroxylation is 1. The van der Waals surface area contributed by atoms with E-state index in [9.17, 15) is 0 Å². The maximum Gasteiger partial charge on any atom is 0.0696 e. The molecule has 2 rings (SSSR count). The lowest BCUT2D eigenvalue weighted by atomic mass is 10.2. The predicted molar refractivity (Wildman–Crippen MR) is 58.3 cm³/mol. The molecule has 1 N–H and O–H groups in total. The van der Waals surface area contributed by atoms with Gasteiger partial charge in [0.1, 0.15) is 0 Å². The van der Waals surface area contributed by atoms with Gasteiger partial charge in [0.2, 0.25) is 0 Å². The lowest BCUT2D eigenvalue weighted by Crippen LogP contribution is -1.80. The van der Waals surface area contributed by atoms with E-state index in [0.717, 1.165) is 5.56 Å². The zero-order valence-electron chi connectivity index (χ0n) is 7.28. The van der Waals surface area contributed by atoms with Crippen LogP contribution in [-0.2, 0) is 6.61 Å². The zero-order chi connectivity index (χ0) is 9.26. The summed E-state index contributed by atoms with van der Waals surface area (Å²) in [6.45, 7) is 2.23. The molecule has 0 fully saturated rings. The highest BCUT2D eigenvalue weighted by atomic mass is 32.1. The second-order valence-corrected chi connectivity index (χ2v) is 4.91. The monoisotopic (exact) mass is 210 g/mol. The fraction of sp³-hybridized carbons (Fsp3) is 0.200. The van der Waals surface area contributed by atoms with Gasteiger partial charge in [-0.3, -0.25) is 0 Å². The molecular weight excluding hydrogens is 200 g/mol. The van der Waals surface area contributed by atoms with E-state index in [4.69, 9.17) is 5.11 Å². The number of hydrogen-bond acceptors (Lipinski definition) is 3. The van der Waals surface area contributed by atoms with Gasteiger partial charge >= 0.3 is 0 Å². The van der Waals surface area contributed by atoms with E-state index >= 15 is 0 Å². The van der Waals surface area contributed by atoms with Crippen molar-refractivity contribution in [2.24, 2.45) is 0 Å². The van der Waals surface area contributed by atoms with Crippen LogP contribution in [0.2, 0.25) is 0 Å². The van der Waals surface area contributed by atoms with E-state index in [-0.39, 0.29) is 6.61 Å². The van der Waals surface area contributed by atoms with Crippen molar-refractivity contribution in [3.63, 3.8) is 0 Å². The molecule has 0 aliphatic heterocycles. The molecule has 0 spiro atoms. The lowest BCUT2D eigenvalue weighted by Gasteiger charge is -1.95. The zero-order valence-corrected chi connectivity index (χ0v) is 8.91. The van der Waals surface area contributed by atoms with Gasteiger partial charge in [-0.05, 0) is 35.4 Å². The molecule has 0 atom stereocenters. The fourth-order valence-electron chi connectivity index (χ4n) is 1.24. The molecule has 3 heteroatoms. The highest BCUT2D eigenvalue weighted by Gasteiger charge is 2.06. The third kappa shape index (κ3) is 1.68. The Hall–Kier alpha value is -0.640. The summed E-state index contributed by atoms with van der Waals surface area (Å²) in [5.41, 5.74) is 2.22. The third-order valence-corrected chi connectivity index (χ3v) is 3.74. The summed E-state index contributed by atoms with van der Waals surface area (Å²) >= 11 is 3.41. The van der Waals surface area contributed by atoms with Crippen molar-refractivity contribution < 1.29 is 5.11 Å². The van der Waals surface area contributed by atoms with Crippen molar-refractivity contribution in [3.05, 3.63) is 33.3 Å². The predicted octanol–water partition coefficient (Wildman–Crippen LogP) is 3.28. The highest BCUT2D eigenvalue weighted by molar-refractivity contribution is 7.16. The fourth-order valence-corrected chi connectivity index (χ4v) is 3.08. The number of thiophene rings is 2. The number of rotatable bonds is 2. The van der Waals surface area contributed by atoms with Gasteiger partial charge in [-0.25, -0.2) is 0 Å². The van der Waals surface area contributed by atoms with Crippen molar-refractivity contribution >= 4 is 22.7 Å². The van der Waals surface area contributed by atoms with E-state index in [1.807, 2.05) is 5.38 Å². The van der Waals surface area contributed by atoms with E-state index in [0.29, 0.717) is 0 Å². The quantitative estimate of drug-likeness (QED) is 0.806. The summed E-state index contributed by atoms with van der Waals surface area (Å²) < 4.78 is 0. The summed E-state index contributed by atoms with van der Waals surface area (Å²) in [6, 6.07) is 4.22. The van der Waals surface area contributed by atoms with Gasteiger partial charge in [-0.15, -0.1) is 11.3 Å². The summed E-state index contributed by atoms with van der Waals surface area (Å²) in [6.07, 6.45) is 0. The van der Waals surface area contributed by atoms with E-state index in [1.54, 1.807) is 22.7 Å². The van der Waals surface area contributed by atoms with Crippen LogP contribution in [0.4, 0.5) is 0 Å². The Bertz CT molecular complexity index is 400. The first-order valence-corrected chi connectivity index (χ1v) is 5.80. The molecule has 68 valence electrons. The van der Waals surface area contributed by atoms with Crippen LogP contribution in [0.3, 0.4) is 0 Å². The van der Waals surface area contributed by atoms with E-state index in [2.05, 4.69) is 24.4 Å². The van der Waals surface area contributed by atoms with Crippen molar-refractivity contribution in [3.8, 4) is 10.4 Å². The summed E-state index contributed by atoms with van der Waals surface area (Å²) in [7, 11) is 0. The molecular formula is C10H10OS2. The van der Waals surface area contributed by atoms with Crippen LogP contribution in [0.25, 0.3) is 10.4 Å². The van der Waals surface area contributed by atoms with Gasteiger partial charge in [-0.1, -0.05) is 0 Å². The Morgan fingerprint density at radius 2 is 2.15 bits per heavy atom. The molecule has 0 bridgehead atoms. The van der Waals surface area contributed by atoms with Crippen LogP contribution in [0.1, 0.15) is 10.4 Å². The Morgan fingerprint density at radius 3 is 2.77 bits per heavy atom. The Balaban J connectivity index is 2.45. The normalized spacial score (nSPS) is 10.6. The summed E-state index contributed by atoms with van der Waals surface area (Å²) in [5, 5.41) is 13.2. The molecule has 13 heavy (non-hydrogen) atoms. The Kier molecular flexibility index (Phi) is 2.49. The maximum atomic E-state index is 9.09. The second-order valence-electron chi connectivity index (χ2n) is 2.88. The summed E-state index contributed by atoms with van der Waals surface area (Å²) in [4.78, 5) is 2.56. The standard InChI is InChI=1S/C10H10OS2/c1-7-2-3-10(13-7)9-6-12-5-8(9)4-11/h2-3,5-6,11H,4H2,1H3. The van der Waals surface area contributed by atoms with E-state index in [1.165, 1.54) is 15.3 Å². The smallest absolute Gasteiger partial charge is 0.0696 e. The molecule has 0 saturated heterocycles. The van der Waals surface area contributed by atoms with E-state index < -0.39 is 0 Å². The Morgan fingerprint density at radius 1 is 1.31 bits per heavy atom. The maximum absolute atomic E-state index is 9.09. The van der Waals surface area contributed by atoms with Gasteiger partial charge in [-0.2, -0.15) is 11.3 Å². The first kappa shape index (κ1) is 8.94. The molecule has 2 heterocycles. The number of hydrogen-bond donors (Lipinski definition) is 1. The molecule has 0 radical (unpaired) electrons. The van der Waals surface area contributed by atoms with Gasteiger partial charge in [0.15, 0.2) is 0 Å². The molecule has 0 amide bonds. The van der Waals surface area contributed by atoms with Gasteiger partial charge in [0, 0.05) is 15.3 Å². The van der Waals surface area contributed by atoms with Crippen molar-refractivity contribution in [1.82, 2.24) is 0 Å². The van der Waals surface area contributed by atoms with Crippen LogP contribution >= 0.6 is 22.7 Å². The van der Waals surface area contributed by atoms with Crippen molar-refractivity contribution in [2.45, 2.75) is 13.5 Å². The molecule has 0 aliphatic rings. The molecule has 0 unspecified atom stereocenters. The third-order valence-electron chi connectivity index (χ3n) is 1.92. The van der Waals surface area contributed by atoms with Crippen LogP contribution in [0.15, 0.2) is 22.9 Å². The minimum Gasteiger partial charge on any atom is -0.392 e. The minimum atomic E-state index is 0.135.